The van der Waals surface area contributed by atoms with Crippen LogP contribution in [-0.2, 0) is 4.79 Å². The topological polar surface area (TPSA) is 89.9 Å². The Morgan fingerprint density at radius 2 is 1.79 bits per heavy atom. The fourth-order valence-electron chi connectivity index (χ4n) is 2.43. The number of aliphatic hydroxyl groups is 1. The van der Waals surface area contributed by atoms with E-state index in [1.54, 1.807) is 7.05 Å². The van der Waals surface area contributed by atoms with E-state index in [4.69, 9.17) is 5.11 Å². The normalized spacial score (nSPS) is 18.4. The van der Waals surface area contributed by atoms with Crippen molar-refractivity contribution in [3.05, 3.63) is 0 Å². The molecule has 6 heteroatoms. The van der Waals surface area contributed by atoms with Crippen LogP contribution in [0.4, 0.5) is 4.79 Å². The summed E-state index contributed by atoms with van der Waals surface area (Å²) in [5.41, 5.74) is -1.12. The van der Waals surface area contributed by atoms with E-state index in [0.717, 1.165) is 25.7 Å². The van der Waals surface area contributed by atoms with Crippen LogP contribution in [0.1, 0.15) is 44.9 Å². The van der Waals surface area contributed by atoms with Crippen LogP contribution in [0.15, 0.2) is 0 Å². The largest absolute Gasteiger partial charge is 0.480 e. The molecule has 1 saturated carbocycles. The van der Waals surface area contributed by atoms with E-state index in [9.17, 15) is 14.7 Å². The fourth-order valence-corrected chi connectivity index (χ4v) is 2.43. The van der Waals surface area contributed by atoms with Crippen molar-refractivity contribution in [3.8, 4) is 0 Å². The van der Waals surface area contributed by atoms with Gasteiger partial charge in [0.2, 0.25) is 0 Å². The van der Waals surface area contributed by atoms with Crippen molar-refractivity contribution < 1.29 is 19.8 Å². The highest BCUT2D eigenvalue weighted by atomic mass is 16.4. The molecule has 0 aromatic heterocycles. The summed E-state index contributed by atoms with van der Waals surface area (Å²) in [5.74, 6) is -0.946. The molecular formula is C13H24N2O4. The standard InChI is InChI=1S/C13H24N2O4/c1-15(9-6-10-16)12(19)14-13(11(17)18)7-4-2-3-5-8-13/h16H,2-10H2,1H3,(H,14,19)(H,17,18). The van der Waals surface area contributed by atoms with Gasteiger partial charge in [-0.15, -0.1) is 0 Å². The zero-order valence-corrected chi connectivity index (χ0v) is 11.5. The molecule has 0 aromatic rings. The van der Waals surface area contributed by atoms with Gasteiger partial charge in [0.05, 0.1) is 0 Å². The maximum Gasteiger partial charge on any atom is 0.329 e. The maximum atomic E-state index is 12.0. The number of hydrogen-bond donors (Lipinski definition) is 3. The van der Waals surface area contributed by atoms with E-state index < -0.39 is 11.5 Å². The molecule has 0 saturated heterocycles. The van der Waals surface area contributed by atoms with E-state index in [2.05, 4.69) is 5.32 Å². The third-order valence-electron chi connectivity index (χ3n) is 3.71. The van der Waals surface area contributed by atoms with Crippen LogP contribution in [0.25, 0.3) is 0 Å². The first-order chi connectivity index (χ1) is 9.02. The monoisotopic (exact) mass is 272 g/mol. The molecule has 0 atom stereocenters. The fraction of sp³-hybridized carbons (Fsp3) is 0.846. The van der Waals surface area contributed by atoms with Crippen LogP contribution < -0.4 is 5.32 Å². The molecule has 2 amide bonds. The van der Waals surface area contributed by atoms with Crippen LogP contribution in [-0.4, -0.2) is 52.9 Å². The summed E-state index contributed by atoms with van der Waals surface area (Å²) in [6.07, 6.45) is 5.16. The van der Waals surface area contributed by atoms with Crippen LogP contribution >= 0.6 is 0 Å². The lowest BCUT2D eigenvalue weighted by atomic mass is 9.90. The number of rotatable bonds is 5. The number of carbonyl (C=O) groups excluding carboxylic acids is 1. The zero-order chi connectivity index (χ0) is 14.3. The van der Waals surface area contributed by atoms with Gasteiger partial charge in [-0.05, 0) is 19.3 Å². The molecule has 1 fully saturated rings. The smallest absolute Gasteiger partial charge is 0.329 e. The van der Waals surface area contributed by atoms with Gasteiger partial charge in [0, 0.05) is 20.2 Å². The van der Waals surface area contributed by atoms with E-state index in [0.29, 0.717) is 25.8 Å². The molecule has 0 bridgehead atoms. The molecular weight excluding hydrogens is 248 g/mol. The van der Waals surface area contributed by atoms with Crippen molar-refractivity contribution in [1.29, 1.82) is 0 Å². The Bertz CT molecular complexity index is 312. The Balaban J connectivity index is 2.67. The van der Waals surface area contributed by atoms with Gasteiger partial charge in [0.15, 0.2) is 0 Å². The van der Waals surface area contributed by atoms with E-state index >= 15 is 0 Å². The molecule has 110 valence electrons. The number of carboxylic acids is 1. The zero-order valence-electron chi connectivity index (χ0n) is 11.5. The van der Waals surface area contributed by atoms with Crippen LogP contribution in [0.5, 0.6) is 0 Å². The minimum Gasteiger partial charge on any atom is -0.480 e. The quantitative estimate of drug-likeness (QED) is 0.656. The number of carboxylic acid groups (broad SMARTS) is 1. The second-order valence-corrected chi connectivity index (χ2v) is 5.23. The van der Waals surface area contributed by atoms with Gasteiger partial charge in [-0.2, -0.15) is 0 Å². The molecule has 0 heterocycles. The average Bonchev–Trinajstić information content (AvgIpc) is 2.62. The number of aliphatic carboxylic acids is 1. The number of hydrogen-bond acceptors (Lipinski definition) is 3. The number of nitrogens with one attached hydrogen (secondary N) is 1. The first-order valence-corrected chi connectivity index (χ1v) is 6.89. The lowest BCUT2D eigenvalue weighted by Gasteiger charge is -2.31. The van der Waals surface area contributed by atoms with E-state index in [1.807, 2.05) is 0 Å². The number of aliphatic hydroxyl groups excluding tert-OH is 1. The molecule has 6 nitrogen and oxygen atoms in total. The molecule has 1 aliphatic rings. The van der Waals surface area contributed by atoms with Crippen molar-refractivity contribution in [1.82, 2.24) is 10.2 Å². The summed E-state index contributed by atoms with van der Waals surface area (Å²) >= 11 is 0. The van der Waals surface area contributed by atoms with Crippen LogP contribution in [0.2, 0.25) is 0 Å². The van der Waals surface area contributed by atoms with Gasteiger partial charge < -0.3 is 20.4 Å². The van der Waals surface area contributed by atoms with Gasteiger partial charge in [0.1, 0.15) is 5.54 Å². The molecule has 0 aromatic carbocycles. The Morgan fingerprint density at radius 3 is 2.26 bits per heavy atom. The summed E-state index contributed by atoms with van der Waals surface area (Å²) in [7, 11) is 1.61. The number of amides is 2. The second kappa shape index (κ2) is 7.33. The first kappa shape index (κ1) is 15.8. The number of carbonyl (C=O) groups is 2. The first-order valence-electron chi connectivity index (χ1n) is 6.89. The van der Waals surface area contributed by atoms with Gasteiger partial charge in [0.25, 0.3) is 0 Å². The lowest BCUT2D eigenvalue weighted by molar-refractivity contribution is -0.145. The third-order valence-corrected chi connectivity index (χ3v) is 3.71. The van der Waals surface area contributed by atoms with Crippen LogP contribution in [0.3, 0.4) is 0 Å². The third kappa shape index (κ3) is 4.38. The molecule has 3 N–H and O–H groups in total. The minimum atomic E-state index is -1.12. The summed E-state index contributed by atoms with van der Waals surface area (Å²) < 4.78 is 0. The van der Waals surface area contributed by atoms with Crippen LogP contribution in [0, 0.1) is 0 Å². The highest BCUT2D eigenvalue weighted by molar-refractivity contribution is 5.86. The average molecular weight is 272 g/mol. The van der Waals surface area contributed by atoms with E-state index in [-0.39, 0.29) is 12.6 Å². The summed E-state index contributed by atoms with van der Waals surface area (Å²) in [6.45, 7) is 0.430. The van der Waals surface area contributed by atoms with Gasteiger partial charge in [-0.1, -0.05) is 25.7 Å². The molecule has 0 unspecified atom stereocenters. The predicted octanol–water partition coefficient (Wildman–Crippen LogP) is 1.19. The Kier molecular flexibility index (Phi) is 6.08. The molecule has 0 spiro atoms. The van der Waals surface area contributed by atoms with Crippen molar-refractivity contribution in [2.75, 3.05) is 20.2 Å². The highest BCUT2D eigenvalue weighted by Gasteiger charge is 2.40. The lowest BCUT2D eigenvalue weighted by Crippen LogP contribution is -2.57. The van der Waals surface area contributed by atoms with Crippen molar-refractivity contribution >= 4 is 12.0 Å². The number of urea groups is 1. The Hall–Kier alpha value is -1.30. The molecule has 1 aliphatic carbocycles. The minimum absolute atomic E-state index is 0.0156. The van der Waals surface area contributed by atoms with Gasteiger partial charge in [-0.25, -0.2) is 9.59 Å². The highest BCUT2D eigenvalue weighted by Crippen LogP contribution is 2.27. The summed E-state index contributed by atoms with van der Waals surface area (Å²) in [4.78, 5) is 25.0. The van der Waals surface area contributed by atoms with Crippen molar-refractivity contribution in [2.45, 2.75) is 50.5 Å². The number of nitrogens with zero attached hydrogens (tertiary/aromatic N) is 1. The van der Waals surface area contributed by atoms with Crippen molar-refractivity contribution in [2.24, 2.45) is 0 Å². The molecule has 0 aliphatic heterocycles. The molecule has 19 heavy (non-hydrogen) atoms. The van der Waals surface area contributed by atoms with Gasteiger partial charge in [-0.3, -0.25) is 0 Å². The predicted molar refractivity (Wildman–Crippen MR) is 70.9 cm³/mol. The van der Waals surface area contributed by atoms with Crippen molar-refractivity contribution in [3.63, 3.8) is 0 Å². The maximum absolute atomic E-state index is 12.0. The molecule has 1 rings (SSSR count). The van der Waals surface area contributed by atoms with E-state index in [1.165, 1.54) is 4.90 Å². The molecule has 0 radical (unpaired) electrons. The summed E-state index contributed by atoms with van der Waals surface area (Å²) in [6, 6.07) is -0.377. The Labute approximate surface area is 113 Å². The second-order valence-electron chi connectivity index (χ2n) is 5.23. The Morgan fingerprint density at radius 1 is 1.21 bits per heavy atom. The van der Waals surface area contributed by atoms with Gasteiger partial charge >= 0.3 is 12.0 Å². The SMILES string of the molecule is CN(CCCO)C(=O)NC1(C(=O)O)CCCCCC1. The summed E-state index contributed by atoms with van der Waals surface area (Å²) in [5, 5.41) is 20.9.